The summed E-state index contributed by atoms with van der Waals surface area (Å²) >= 11 is 6.53. The van der Waals surface area contributed by atoms with Crippen molar-refractivity contribution in [3.8, 4) is 22.6 Å². The first-order valence-electron chi connectivity index (χ1n) is 8.88. The summed E-state index contributed by atoms with van der Waals surface area (Å²) in [5.41, 5.74) is 4.85. The molecule has 0 aromatic heterocycles. The van der Waals surface area contributed by atoms with E-state index in [9.17, 15) is 0 Å². The normalized spacial score (nSPS) is 23.7. The average molecular weight is 357 g/mol. The number of halogens is 1. The molecule has 3 aliphatic heterocycles. The zero-order chi connectivity index (χ0) is 17.0. The van der Waals surface area contributed by atoms with Gasteiger partial charge in [-0.15, -0.1) is 0 Å². The maximum Gasteiger partial charge on any atom is 0.143 e. The molecule has 0 amide bonds. The van der Waals surface area contributed by atoms with Crippen LogP contribution in [-0.2, 0) is 0 Å². The van der Waals surface area contributed by atoms with Gasteiger partial charge in [0.1, 0.15) is 18.1 Å². The highest BCUT2D eigenvalue weighted by atomic mass is 35.5. The molecule has 2 unspecified atom stereocenters. The van der Waals surface area contributed by atoms with Gasteiger partial charge in [-0.25, -0.2) is 0 Å². The Balaban J connectivity index is 1.65. The van der Waals surface area contributed by atoms with Crippen LogP contribution in [0.1, 0.15) is 17.9 Å². The number of nitrogens with zero attached hydrogens (tertiary/aromatic N) is 1. The van der Waals surface area contributed by atoms with Gasteiger partial charge in [-0.3, -0.25) is 0 Å². The highest BCUT2D eigenvalue weighted by Gasteiger charge is 2.43. The predicted molar refractivity (Wildman–Crippen MR) is 100 cm³/mol. The van der Waals surface area contributed by atoms with Gasteiger partial charge in [-0.2, -0.15) is 0 Å². The first-order valence-corrected chi connectivity index (χ1v) is 9.26. The third kappa shape index (κ3) is 2.31. The van der Waals surface area contributed by atoms with Gasteiger partial charge in [0.15, 0.2) is 0 Å². The second-order valence-corrected chi connectivity index (χ2v) is 7.37. The Labute approximate surface area is 152 Å². The molecule has 130 valence electrons. The molecule has 1 N–H and O–H groups in total. The van der Waals surface area contributed by atoms with Crippen molar-refractivity contribution in [2.45, 2.75) is 18.4 Å². The maximum atomic E-state index is 6.53. The van der Waals surface area contributed by atoms with Gasteiger partial charge in [-0.05, 0) is 54.4 Å². The zero-order valence-electron chi connectivity index (χ0n) is 14.2. The molecule has 0 bridgehead atoms. The van der Waals surface area contributed by atoms with Crippen LogP contribution in [0, 0.1) is 0 Å². The summed E-state index contributed by atoms with van der Waals surface area (Å²) in [7, 11) is 1.66. The molecule has 2 aromatic carbocycles. The number of nitrogens with one attached hydrogen (secondary N) is 1. The monoisotopic (exact) mass is 356 g/mol. The van der Waals surface area contributed by atoms with Crippen molar-refractivity contribution >= 4 is 17.3 Å². The summed E-state index contributed by atoms with van der Waals surface area (Å²) in [6.45, 7) is 3.87. The fourth-order valence-corrected chi connectivity index (χ4v) is 4.85. The van der Waals surface area contributed by atoms with Crippen LogP contribution in [-0.4, -0.2) is 39.4 Å². The Bertz CT molecular complexity index is 839. The van der Waals surface area contributed by atoms with Crippen molar-refractivity contribution in [2.75, 3.05) is 38.3 Å². The van der Waals surface area contributed by atoms with Crippen molar-refractivity contribution < 1.29 is 9.47 Å². The van der Waals surface area contributed by atoms with Gasteiger partial charge >= 0.3 is 0 Å². The van der Waals surface area contributed by atoms with E-state index in [1.165, 1.54) is 17.7 Å². The van der Waals surface area contributed by atoms with Crippen molar-refractivity contribution in [2.24, 2.45) is 0 Å². The number of piperidine rings is 1. The largest absolute Gasteiger partial charge is 0.497 e. The van der Waals surface area contributed by atoms with Gasteiger partial charge in [0.05, 0.1) is 24.4 Å². The Morgan fingerprint density at radius 3 is 3.04 bits per heavy atom. The molecule has 5 rings (SSSR count). The quantitative estimate of drug-likeness (QED) is 0.890. The fourth-order valence-electron chi connectivity index (χ4n) is 4.57. The minimum Gasteiger partial charge on any atom is -0.497 e. The summed E-state index contributed by atoms with van der Waals surface area (Å²) < 4.78 is 11.3. The summed E-state index contributed by atoms with van der Waals surface area (Å²) in [6.07, 6.45) is 1.19. The molecule has 4 nitrogen and oxygen atoms in total. The minimum absolute atomic E-state index is 0.529. The average Bonchev–Trinajstić information content (AvgIpc) is 2.97. The molecule has 0 aliphatic carbocycles. The third-order valence-corrected chi connectivity index (χ3v) is 6.03. The van der Waals surface area contributed by atoms with Crippen LogP contribution in [0.2, 0.25) is 5.02 Å². The Kier molecular flexibility index (Phi) is 3.57. The van der Waals surface area contributed by atoms with E-state index in [2.05, 4.69) is 22.3 Å². The topological polar surface area (TPSA) is 33.7 Å². The number of methoxy groups -OCH3 is 1. The number of benzene rings is 2. The van der Waals surface area contributed by atoms with E-state index >= 15 is 0 Å². The van der Waals surface area contributed by atoms with Crippen LogP contribution in [0.5, 0.6) is 11.5 Å². The molecule has 0 saturated carbocycles. The summed E-state index contributed by atoms with van der Waals surface area (Å²) in [6, 6.07) is 10.9. The minimum atomic E-state index is 0.529. The third-order valence-electron chi connectivity index (χ3n) is 5.71. The second-order valence-electron chi connectivity index (χ2n) is 6.97. The van der Waals surface area contributed by atoms with Crippen molar-refractivity contribution in [3.05, 3.63) is 40.9 Å². The lowest BCUT2D eigenvalue weighted by atomic mass is 9.88. The second kappa shape index (κ2) is 5.82. The highest BCUT2D eigenvalue weighted by molar-refractivity contribution is 6.33. The molecule has 1 saturated heterocycles. The number of rotatable bonds is 2. The van der Waals surface area contributed by atoms with Gasteiger partial charge < -0.3 is 19.7 Å². The van der Waals surface area contributed by atoms with Crippen LogP contribution < -0.4 is 19.7 Å². The Morgan fingerprint density at radius 2 is 2.20 bits per heavy atom. The first kappa shape index (κ1) is 15.4. The van der Waals surface area contributed by atoms with E-state index in [0.717, 1.165) is 48.9 Å². The van der Waals surface area contributed by atoms with Gasteiger partial charge in [-0.1, -0.05) is 11.6 Å². The summed E-state index contributed by atoms with van der Waals surface area (Å²) in [4.78, 5) is 2.57. The number of hydrogen-bond donors (Lipinski definition) is 1. The van der Waals surface area contributed by atoms with Crippen LogP contribution in [0.3, 0.4) is 0 Å². The maximum absolute atomic E-state index is 6.53. The Morgan fingerprint density at radius 1 is 1.28 bits per heavy atom. The molecular weight excluding hydrogens is 336 g/mol. The number of hydrogen-bond acceptors (Lipinski definition) is 4. The molecule has 5 heteroatoms. The van der Waals surface area contributed by atoms with E-state index < -0.39 is 0 Å². The zero-order valence-corrected chi connectivity index (χ0v) is 15.0. The van der Waals surface area contributed by atoms with E-state index in [4.69, 9.17) is 21.1 Å². The lowest BCUT2D eigenvalue weighted by Gasteiger charge is -2.36. The number of fused-ring (bicyclic) bond motifs is 3. The van der Waals surface area contributed by atoms with E-state index in [0.29, 0.717) is 17.0 Å². The number of anilines is 1. The molecule has 25 heavy (non-hydrogen) atoms. The van der Waals surface area contributed by atoms with Crippen molar-refractivity contribution in [1.82, 2.24) is 5.32 Å². The molecule has 0 spiro atoms. The summed E-state index contributed by atoms with van der Waals surface area (Å²) in [5.74, 6) is 2.30. The van der Waals surface area contributed by atoms with Gasteiger partial charge in [0.25, 0.3) is 0 Å². The number of ether oxygens (including phenoxy) is 2. The SMILES string of the molecule is COc1ccc(-c2cc3c4c(c2)C2CNCCC2N4CCO3)c(Cl)c1. The lowest BCUT2D eigenvalue weighted by Crippen LogP contribution is -2.46. The first-order chi connectivity index (χ1) is 12.3. The molecule has 2 aromatic rings. The standard InChI is InChI=1S/C20H21ClN2O2/c1-24-13-2-3-14(17(21)10-13)12-8-15-16-11-22-5-4-18(16)23-6-7-25-19(9-12)20(15)23/h2-3,8-10,16,18,22H,4-7,11H2,1H3. The Hall–Kier alpha value is -1.91. The smallest absolute Gasteiger partial charge is 0.143 e. The predicted octanol–water partition coefficient (Wildman–Crippen LogP) is 3.67. The summed E-state index contributed by atoms with van der Waals surface area (Å²) in [5, 5.41) is 4.26. The highest BCUT2D eigenvalue weighted by Crippen LogP contribution is 2.51. The molecule has 2 atom stereocenters. The van der Waals surface area contributed by atoms with Gasteiger partial charge in [0, 0.05) is 24.1 Å². The van der Waals surface area contributed by atoms with Crippen LogP contribution >= 0.6 is 11.6 Å². The molecule has 3 aliphatic rings. The van der Waals surface area contributed by atoms with Crippen LogP contribution in [0.25, 0.3) is 11.1 Å². The molecule has 0 radical (unpaired) electrons. The molecule has 3 heterocycles. The van der Waals surface area contributed by atoms with Gasteiger partial charge in [0.2, 0.25) is 0 Å². The van der Waals surface area contributed by atoms with Crippen LogP contribution in [0.15, 0.2) is 30.3 Å². The van der Waals surface area contributed by atoms with E-state index in [1.807, 2.05) is 18.2 Å². The lowest BCUT2D eigenvalue weighted by molar-refractivity contribution is 0.295. The van der Waals surface area contributed by atoms with Crippen molar-refractivity contribution in [3.63, 3.8) is 0 Å². The van der Waals surface area contributed by atoms with Crippen LogP contribution in [0.4, 0.5) is 5.69 Å². The fraction of sp³-hybridized carbons (Fsp3) is 0.400. The van der Waals surface area contributed by atoms with E-state index in [-0.39, 0.29) is 0 Å². The molecule has 1 fully saturated rings. The van der Waals surface area contributed by atoms with Crippen molar-refractivity contribution in [1.29, 1.82) is 0 Å². The molecular formula is C20H21ClN2O2. The van der Waals surface area contributed by atoms with E-state index in [1.54, 1.807) is 7.11 Å².